The third-order valence-electron chi connectivity index (χ3n) is 2.43. The van der Waals surface area contributed by atoms with E-state index in [1.54, 1.807) is 13.0 Å². The summed E-state index contributed by atoms with van der Waals surface area (Å²) in [6.07, 6.45) is 3.62. The normalized spacial score (nSPS) is 12.1. The fraction of sp³-hybridized carbons (Fsp3) is 0.167. The van der Waals surface area contributed by atoms with Crippen LogP contribution in [0.4, 0.5) is 0 Å². The Morgan fingerprint density at radius 3 is 2.88 bits per heavy atom. The van der Waals surface area contributed by atoms with E-state index in [0.29, 0.717) is 10.7 Å². The van der Waals surface area contributed by atoms with Crippen molar-refractivity contribution in [2.45, 2.75) is 13.8 Å². The molecule has 2 aromatic heterocycles. The Morgan fingerprint density at radius 1 is 1.44 bits per heavy atom. The number of Topliss-reactive ketones (excluding diaryl/α,β-unsaturated/α-hetero) is 1. The molecule has 4 heteroatoms. The highest BCUT2D eigenvalue weighted by Gasteiger charge is 2.08. The lowest BCUT2D eigenvalue weighted by Crippen LogP contribution is -1.93. The van der Waals surface area contributed by atoms with Crippen molar-refractivity contribution in [2.24, 2.45) is 0 Å². The lowest BCUT2D eigenvalue weighted by atomic mass is 10.2. The average Bonchev–Trinajstić information content (AvgIpc) is 2.55. The quantitative estimate of drug-likeness (QED) is 0.749. The number of carbonyl (C=O) groups excluding carboxylic acids is 1. The fourth-order valence-corrected chi connectivity index (χ4v) is 1.65. The molecule has 0 saturated heterocycles. The van der Waals surface area contributed by atoms with Crippen LogP contribution in [-0.4, -0.2) is 15.2 Å². The number of halogens is 1. The van der Waals surface area contributed by atoms with E-state index in [0.717, 1.165) is 11.3 Å². The van der Waals surface area contributed by atoms with Gasteiger partial charge in [-0.15, -0.1) is 0 Å². The number of aromatic nitrogens is 2. The van der Waals surface area contributed by atoms with Gasteiger partial charge < -0.3 is 0 Å². The first-order valence-electron chi connectivity index (χ1n) is 4.91. The Bertz CT molecular complexity index is 584. The SMILES string of the molecule is CC(=O)/C(C)=C/c1c(Cl)nc2ccccn12. The zero-order valence-corrected chi connectivity index (χ0v) is 9.82. The Hall–Kier alpha value is -1.61. The number of allylic oxidation sites excluding steroid dienone is 1. The molecule has 0 radical (unpaired) electrons. The molecule has 0 saturated carbocycles. The molecule has 0 fully saturated rings. The molecule has 0 aromatic carbocycles. The summed E-state index contributed by atoms with van der Waals surface area (Å²) in [7, 11) is 0. The van der Waals surface area contributed by atoms with Gasteiger partial charge in [0, 0.05) is 6.20 Å². The van der Waals surface area contributed by atoms with Gasteiger partial charge in [0.15, 0.2) is 10.9 Å². The maximum absolute atomic E-state index is 11.2. The Morgan fingerprint density at radius 2 is 2.19 bits per heavy atom. The highest BCUT2D eigenvalue weighted by atomic mass is 35.5. The zero-order valence-electron chi connectivity index (χ0n) is 9.07. The van der Waals surface area contributed by atoms with Gasteiger partial charge in [-0.2, -0.15) is 0 Å². The van der Waals surface area contributed by atoms with Gasteiger partial charge >= 0.3 is 0 Å². The van der Waals surface area contributed by atoms with Gasteiger partial charge in [-0.05, 0) is 37.6 Å². The molecule has 0 spiro atoms. The molecular weight excluding hydrogens is 224 g/mol. The Balaban J connectivity index is 2.64. The molecule has 2 rings (SSSR count). The van der Waals surface area contributed by atoms with Crippen LogP contribution in [0.1, 0.15) is 19.5 Å². The van der Waals surface area contributed by atoms with E-state index in [9.17, 15) is 4.79 Å². The summed E-state index contributed by atoms with van der Waals surface area (Å²) in [5.41, 5.74) is 2.17. The monoisotopic (exact) mass is 234 g/mol. The second-order valence-corrected chi connectivity index (χ2v) is 3.96. The van der Waals surface area contributed by atoms with Crippen LogP contribution in [-0.2, 0) is 4.79 Å². The van der Waals surface area contributed by atoms with Crippen molar-refractivity contribution in [1.29, 1.82) is 0 Å². The van der Waals surface area contributed by atoms with Crippen molar-refractivity contribution >= 4 is 29.1 Å². The second kappa shape index (κ2) is 4.10. The van der Waals surface area contributed by atoms with Crippen LogP contribution in [0, 0.1) is 0 Å². The second-order valence-electron chi connectivity index (χ2n) is 3.60. The smallest absolute Gasteiger partial charge is 0.155 e. The minimum absolute atomic E-state index is 0.0296. The number of hydrogen-bond donors (Lipinski definition) is 0. The van der Waals surface area contributed by atoms with Crippen LogP contribution in [0.5, 0.6) is 0 Å². The van der Waals surface area contributed by atoms with E-state index in [4.69, 9.17) is 11.6 Å². The van der Waals surface area contributed by atoms with E-state index >= 15 is 0 Å². The number of pyridine rings is 1. The zero-order chi connectivity index (χ0) is 11.7. The standard InChI is InChI=1S/C12H11ClN2O/c1-8(9(2)16)7-10-12(13)14-11-5-3-4-6-15(10)11/h3-7H,1-2H3/b8-7+. The third-order valence-corrected chi connectivity index (χ3v) is 2.71. The first-order chi connectivity index (χ1) is 7.59. The summed E-state index contributed by atoms with van der Waals surface area (Å²) in [5, 5.41) is 0.409. The predicted octanol–water partition coefficient (Wildman–Crippen LogP) is 2.98. The summed E-state index contributed by atoms with van der Waals surface area (Å²) >= 11 is 6.03. The first kappa shape index (κ1) is 10.9. The molecule has 0 aliphatic carbocycles. The van der Waals surface area contributed by atoms with Crippen molar-refractivity contribution < 1.29 is 4.79 Å². The van der Waals surface area contributed by atoms with E-state index in [1.165, 1.54) is 6.92 Å². The van der Waals surface area contributed by atoms with Gasteiger partial charge in [-0.25, -0.2) is 4.98 Å². The van der Waals surface area contributed by atoms with Gasteiger partial charge in [0.05, 0.1) is 5.69 Å². The van der Waals surface area contributed by atoms with Crippen molar-refractivity contribution in [3.05, 3.63) is 40.8 Å². The molecular formula is C12H11ClN2O. The van der Waals surface area contributed by atoms with Crippen molar-refractivity contribution in [3.8, 4) is 0 Å². The van der Waals surface area contributed by atoms with Gasteiger partial charge in [-0.1, -0.05) is 17.7 Å². The molecule has 2 heterocycles. The number of hydrogen-bond acceptors (Lipinski definition) is 2. The maximum Gasteiger partial charge on any atom is 0.155 e. The molecule has 0 amide bonds. The molecule has 0 unspecified atom stereocenters. The van der Waals surface area contributed by atoms with Gasteiger partial charge in [0.1, 0.15) is 5.65 Å². The van der Waals surface area contributed by atoms with Crippen LogP contribution in [0.25, 0.3) is 11.7 Å². The summed E-state index contributed by atoms with van der Waals surface area (Å²) in [6.45, 7) is 3.30. The van der Waals surface area contributed by atoms with Crippen LogP contribution in [0.3, 0.4) is 0 Å². The van der Waals surface area contributed by atoms with E-state index < -0.39 is 0 Å². The molecule has 82 valence electrons. The lowest BCUT2D eigenvalue weighted by Gasteiger charge is -1.97. The summed E-state index contributed by atoms with van der Waals surface area (Å²) in [5.74, 6) is 0.0296. The number of imidazole rings is 1. The summed E-state index contributed by atoms with van der Waals surface area (Å²) < 4.78 is 1.86. The molecule has 0 aliphatic rings. The molecule has 0 bridgehead atoms. The highest BCUT2D eigenvalue weighted by Crippen LogP contribution is 2.20. The van der Waals surface area contributed by atoms with E-state index in [-0.39, 0.29) is 5.78 Å². The van der Waals surface area contributed by atoms with Crippen LogP contribution in [0.15, 0.2) is 30.0 Å². The van der Waals surface area contributed by atoms with Gasteiger partial charge in [0.2, 0.25) is 0 Å². The number of carbonyl (C=O) groups is 1. The summed E-state index contributed by atoms with van der Waals surface area (Å²) in [6, 6.07) is 5.65. The maximum atomic E-state index is 11.2. The average molecular weight is 235 g/mol. The Kier molecular flexibility index (Phi) is 2.79. The minimum atomic E-state index is 0.0296. The van der Waals surface area contributed by atoms with E-state index in [1.807, 2.05) is 28.8 Å². The molecule has 0 aliphatic heterocycles. The Labute approximate surface area is 98.4 Å². The molecule has 0 N–H and O–H groups in total. The number of fused-ring (bicyclic) bond motifs is 1. The molecule has 3 nitrogen and oxygen atoms in total. The van der Waals surface area contributed by atoms with Crippen LogP contribution in [0.2, 0.25) is 5.15 Å². The summed E-state index contributed by atoms with van der Waals surface area (Å²) in [4.78, 5) is 15.4. The van der Waals surface area contributed by atoms with E-state index in [2.05, 4.69) is 4.98 Å². The predicted molar refractivity (Wildman–Crippen MR) is 64.5 cm³/mol. The number of ketones is 1. The largest absolute Gasteiger partial charge is 0.299 e. The lowest BCUT2D eigenvalue weighted by molar-refractivity contribution is -0.113. The van der Waals surface area contributed by atoms with Crippen molar-refractivity contribution in [3.63, 3.8) is 0 Å². The molecule has 2 aromatic rings. The molecule has 0 atom stereocenters. The third kappa shape index (κ3) is 1.86. The number of rotatable bonds is 2. The van der Waals surface area contributed by atoms with Crippen LogP contribution < -0.4 is 0 Å². The fourth-order valence-electron chi connectivity index (χ4n) is 1.42. The van der Waals surface area contributed by atoms with Crippen molar-refractivity contribution in [1.82, 2.24) is 9.38 Å². The van der Waals surface area contributed by atoms with Crippen molar-refractivity contribution in [2.75, 3.05) is 0 Å². The van der Waals surface area contributed by atoms with Gasteiger partial charge in [-0.3, -0.25) is 9.20 Å². The number of nitrogens with zero attached hydrogens (tertiary/aromatic N) is 2. The topological polar surface area (TPSA) is 34.4 Å². The highest BCUT2D eigenvalue weighted by molar-refractivity contribution is 6.31. The van der Waals surface area contributed by atoms with Gasteiger partial charge in [0.25, 0.3) is 0 Å². The minimum Gasteiger partial charge on any atom is -0.299 e. The molecule has 16 heavy (non-hydrogen) atoms. The van der Waals surface area contributed by atoms with Crippen LogP contribution >= 0.6 is 11.6 Å². The first-order valence-corrected chi connectivity index (χ1v) is 5.29.